The van der Waals surface area contributed by atoms with Gasteiger partial charge in [0.1, 0.15) is 5.78 Å². The van der Waals surface area contributed by atoms with Crippen molar-refractivity contribution in [1.29, 1.82) is 0 Å². The van der Waals surface area contributed by atoms with Crippen molar-refractivity contribution in [3.63, 3.8) is 0 Å². The van der Waals surface area contributed by atoms with E-state index in [4.69, 9.17) is 9.47 Å². The van der Waals surface area contributed by atoms with Gasteiger partial charge in [0.25, 0.3) is 0 Å². The van der Waals surface area contributed by atoms with E-state index in [1.54, 1.807) is 0 Å². The minimum Gasteiger partial charge on any atom is -0.348 e. The zero-order valence-corrected chi connectivity index (χ0v) is 18.5. The van der Waals surface area contributed by atoms with Crippen molar-refractivity contribution in [2.24, 2.45) is 0 Å². The number of Topliss-reactive ketones (excluding diaryl/α,β-unsaturated/α-hetero) is 1. The molecule has 3 heteroatoms. The highest BCUT2D eigenvalue weighted by Crippen LogP contribution is 2.24. The van der Waals surface area contributed by atoms with E-state index in [0.29, 0.717) is 25.2 Å². The Kier molecular flexibility index (Phi) is 14.1. The van der Waals surface area contributed by atoms with Gasteiger partial charge in [-0.05, 0) is 20.3 Å². The number of hydrogen-bond donors (Lipinski definition) is 0. The molecule has 1 saturated heterocycles. The van der Waals surface area contributed by atoms with Gasteiger partial charge in [-0.2, -0.15) is 0 Å². The fourth-order valence-corrected chi connectivity index (χ4v) is 3.91. The van der Waals surface area contributed by atoms with Crippen molar-refractivity contribution in [3.8, 4) is 0 Å². The monoisotopic (exact) mass is 382 g/mol. The molecular weight excluding hydrogens is 336 g/mol. The first-order valence-electron chi connectivity index (χ1n) is 11.9. The highest BCUT2D eigenvalue weighted by atomic mass is 16.7. The van der Waals surface area contributed by atoms with Crippen LogP contribution in [0.1, 0.15) is 130 Å². The van der Waals surface area contributed by atoms with Crippen molar-refractivity contribution in [1.82, 2.24) is 0 Å². The number of rotatable bonds is 18. The van der Waals surface area contributed by atoms with E-state index in [9.17, 15) is 4.79 Å². The van der Waals surface area contributed by atoms with Crippen molar-refractivity contribution >= 4 is 5.78 Å². The largest absolute Gasteiger partial charge is 0.348 e. The van der Waals surface area contributed by atoms with Crippen LogP contribution >= 0.6 is 0 Å². The van der Waals surface area contributed by atoms with Gasteiger partial charge in [0.2, 0.25) is 0 Å². The molecule has 0 saturated carbocycles. The molecule has 0 spiro atoms. The van der Waals surface area contributed by atoms with Crippen LogP contribution in [0.3, 0.4) is 0 Å². The smallest absolute Gasteiger partial charge is 0.163 e. The van der Waals surface area contributed by atoms with Crippen molar-refractivity contribution in [3.05, 3.63) is 0 Å². The third-order valence-electron chi connectivity index (χ3n) is 5.58. The van der Waals surface area contributed by atoms with E-state index in [-0.39, 0.29) is 6.10 Å². The van der Waals surface area contributed by atoms with Gasteiger partial charge < -0.3 is 9.47 Å². The average molecular weight is 383 g/mol. The first-order chi connectivity index (χ1) is 13.0. The fraction of sp³-hybridized carbons (Fsp3) is 0.958. The molecule has 1 heterocycles. The molecule has 1 fully saturated rings. The number of ether oxygens (including phenoxy) is 2. The molecule has 0 N–H and O–H groups in total. The normalized spacial score (nSPS) is 18.9. The molecule has 0 bridgehead atoms. The first-order valence-corrected chi connectivity index (χ1v) is 11.9. The predicted octanol–water partition coefficient (Wildman–Crippen LogP) is 7.36. The van der Waals surface area contributed by atoms with Crippen LogP contribution in [0.5, 0.6) is 0 Å². The molecule has 0 amide bonds. The summed E-state index contributed by atoms with van der Waals surface area (Å²) in [6.45, 7) is 6.65. The molecule has 0 radical (unpaired) electrons. The highest BCUT2D eigenvalue weighted by molar-refractivity contribution is 5.78. The Morgan fingerprint density at radius 2 is 1.22 bits per heavy atom. The Hall–Kier alpha value is -0.410. The van der Waals surface area contributed by atoms with E-state index in [1.165, 1.54) is 89.9 Å². The quantitative estimate of drug-likeness (QED) is 0.232. The van der Waals surface area contributed by atoms with E-state index < -0.39 is 5.79 Å². The van der Waals surface area contributed by atoms with E-state index in [1.807, 2.05) is 13.8 Å². The summed E-state index contributed by atoms with van der Waals surface area (Å²) < 4.78 is 11.2. The van der Waals surface area contributed by atoms with Gasteiger partial charge >= 0.3 is 0 Å². The third-order valence-corrected chi connectivity index (χ3v) is 5.58. The number of unbranched alkanes of at least 4 members (excludes halogenated alkanes) is 14. The lowest BCUT2D eigenvalue weighted by molar-refractivity contribution is -0.142. The highest BCUT2D eigenvalue weighted by Gasteiger charge is 2.33. The lowest BCUT2D eigenvalue weighted by atomic mass is 10.0. The Bertz CT molecular complexity index is 365. The number of carbonyl (C=O) groups excluding carboxylic acids is 1. The number of carbonyl (C=O) groups is 1. The fourth-order valence-electron chi connectivity index (χ4n) is 3.91. The molecule has 160 valence electrons. The molecule has 0 aromatic heterocycles. The predicted molar refractivity (Wildman–Crippen MR) is 114 cm³/mol. The minimum atomic E-state index is -0.514. The van der Waals surface area contributed by atoms with Crippen LogP contribution in [0.15, 0.2) is 0 Å². The van der Waals surface area contributed by atoms with Gasteiger partial charge in [0.15, 0.2) is 5.79 Å². The molecule has 0 aliphatic carbocycles. The summed E-state index contributed by atoms with van der Waals surface area (Å²) >= 11 is 0. The Balaban J connectivity index is 1.77. The Labute approximate surface area is 169 Å². The minimum absolute atomic E-state index is 0.0381. The Morgan fingerprint density at radius 3 is 1.63 bits per heavy atom. The third kappa shape index (κ3) is 14.3. The molecule has 1 rings (SSSR count). The second-order valence-corrected chi connectivity index (χ2v) is 8.89. The molecular formula is C24H46O3. The van der Waals surface area contributed by atoms with Crippen LogP contribution in [0.4, 0.5) is 0 Å². The molecule has 0 aromatic rings. The van der Waals surface area contributed by atoms with E-state index >= 15 is 0 Å². The van der Waals surface area contributed by atoms with Gasteiger partial charge in [0.05, 0.1) is 12.7 Å². The van der Waals surface area contributed by atoms with Crippen LogP contribution in [0, 0.1) is 0 Å². The van der Waals surface area contributed by atoms with Crippen molar-refractivity contribution in [2.45, 2.75) is 142 Å². The molecule has 1 aliphatic rings. The first kappa shape index (κ1) is 24.6. The van der Waals surface area contributed by atoms with Crippen molar-refractivity contribution < 1.29 is 14.3 Å². The molecule has 0 aromatic carbocycles. The second-order valence-electron chi connectivity index (χ2n) is 8.89. The molecule has 1 unspecified atom stereocenters. The average Bonchev–Trinajstić information content (AvgIpc) is 2.96. The summed E-state index contributed by atoms with van der Waals surface area (Å²) in [6.07, 6.45) is 21.6. The number of hydrogen-bond acceptors (Lipinski definition) is 3. The lowest BCUT2D eigenvalue weighted by Crippen LogP contribution is -2.22. The van der Waals surface area contributed by atoms with Crippen LogP contribution < -0.4 is 0 Å². The summed E-state index contributed by atoms with van der Waals surface area (Å²) in [5.41, 5.74) is 0. The second kappa shape index (κ2) is 15.5. The standard InChI is InChI=1S/C24H46O3/c1-4-5-6-7-8-9-10-11-12-13-14-15-16-17-18-19-22(25)20-23-21-26-24(2,3)27-23/h23H,4-21H2,1-3H3. The molecule has 3 nitrogen and oxygen atoms in total. The topological polar surface area (TPSA) is 35.5 Å². The van der Waals surface area contributed by atoms with Crippen LogP contribution in [0.25, 0.3) is 0 Å². The van der Waals surface area contributed by atoms with Gasteiger partial charge in [-0.25, -0.2) is 0 Å². The van der Waals surface area contributed by atoms with Crippen LogP contribution in [-0.2, 0) is 14.3 Å². The van der Waals surface area contributed by atoms with Crippen LogP contribution in [-0.4, -0.2) is 24.3 Å². The van der Waals surface area contributed by atoms with Crippen molar-refractivity contribution in [2.75, 3.05) is 6.61 Å². The van der Waals surface area contributed by atoms with Crippen LogP contribution in [0.2, 0.25) is 0 Å². The van der Waals surface area contributed by atoms with Gasteiger partial charge in [-0.15, -0.1) is 0 Å². The van der Waals surface area contributed by atoms with Gasteiger partial charge in [-0.3, -0.25) is 4.79 Å². The van der Waals surface area contributed by atoms with Gasteiger partial charge in [-0.1, -0.05) is 96.8 Å². The summed E-state index contributed by atoms with van der Waals surface area (Å²) in [6, 6.07) is 0. The molecule has 1 atom stereocenters. The zero-order valence-electron chi connectivity index (χ0n) is 18.5. The maximum atomic E-state index is 12.0. The van der Waals surface area contributed by atoms with E-state index in [2.05, 4.69) is 6.92 Å². The summed E-state index contributed by atoms with van der Waals surface area (Å²) in [4.78, 5) is 12.0. The number of ketones is 1. The molecule has 1 aliphatic heterocycles. The van der Waals surface area contributed by atoms with Gasteiger partial charge in [0, 0.05) is 12.8 Å². The maximum Gasteiger partial charge on any atom is 0.163 e. The summed E-state index contributed by atoms with van der Waals surface area (Å²) in [7, 11) is 0. The van der Waals surface area contributed by atoms with E-state index in [0.717, 1.165) is 6.42 Å². The Morgan fingerprint density at radius 1 is 0.778 bits per heavy atom. The summed E-state index contributed by atoms with van der Waals surface area (Å²) in [5, 5.41) is 0. The SMILES string of the molecule is CCCCCCCCCCCCCCCCCC(=O)CC1COC(C)(C)O1. The lowest BCUT2D eigenvalue weighted by Gasteiger charge is -2.16. The molecule has 27 heavy (non-hydrogen) atoms. The zero-order chi connectivity index (χ0) is 19.8. The maximum absolute atomic E-state index is 12.0. The summed E-state index contributed by atoms with van der Waals surface area (Å²) in [5.74, 6) is -0.185.